The molecule has 0 unspecified atom stereocenters. The molecule has 0 amide bonds. The smallest absolute Gasteiger partial charge is 0.245 e. The molecule has 1 aromatic carbocycles. The molecule has 0 atom stereocenters. The van der Waals surface area contributed by atoms with Crippen LogP contribution in [0.3, 0.4) is 0 Å². The summed E-state index contributed by atoms with van der Waals surface area (Å²) < 4.78 is 25.8. The third-order valence-electron chi connectivity index (χ3n) is 1.87. The molecule has 2 N–H and O–H groups in total. The molecule has 7 nitrogen and oxygen atoms in total. The number of sulfonamides is 1. The van der Waals surface area contributed by atoms with Gasteiger partial charge >= 0.3 is 0 Å². The van der Waals surface area contributed by atoms with Gasteiger partial charge in [0.15, 0.2) is 0 Å². The first-order chi connectivity index (χ1) is 7.58. The molecular formula is C8H9N5O2S. The molecule has 0 radical (unpaired) electrons. The van der Waals surface area contributed by atoms with E-state index in [9.17, 15) is 8.42 Å². The zero-order chi connectivity index (χ0) is 11.6. The van der Waals surface area contributed by atoms with Crippen molar-refractivity contribution < 1.29 is 8.42 Å². The lowest BCUT2D eigenvalue weighted by Gasteiger charge is -2.04. The molecule has 2 aromatic rings. The SMILES string of the molecule is Cc1cccc(S(=O)(=O)Nc2nn[nH]n2)c1. The van der Waals surface area contributed by atoms with Crippen LogP contribution in [-0.4, -0.2) is 29.0 Å². The van der Waals surface area contributed by atoms with Crippen molar-refractivity contribution in [3.63, 3.8) is 0 Å². The van der Waals surface area contributed by atoms with Crippen molar-refractivity contribution in [2.75, 3.05) is 4.72 Å². The Hall–Kier alpha value is -1.96. The third kappa shape index (κ3) is 2.16. The van der Waals surface area contributed by atoms with E-state index in [-0.39, 0.29) is 10.8 Å². The Morgan fingerprint density at radius 3 is 2.81 bits per heavy atom. The molecule has 16 heavy (non-hydrogen) atoms. The van der Waals surface area contributed by atoms with Gasteiger partial charge in [0.25, 0.3) is 16.0 Å². The van der Waals surface area contributed by atoms with Crippen molar-refractivity contribution >= 4 is 16.0 Å². The quantitative estimate of drug-likeness (QED) is 0.802. The molecule has 2 rings (SSSR count). The number of rotatable bonds is 3. The lowest BCUT2D eigenvalue weighted by Crippen LogP contribution is -2.14. The Labute approximate surface area is 91.9 Å². The van der Waals surface area contributed by atoms with Gasteiger partial charge in [0.1, 0.15) is 0 Å². The topological polar surface area (TPSA) is 101 Å². The van der Waals surface area contributed by atoms with Gasteiger partial charge in [-0.3, -0.25) is 0 Å². The maximum Gasteiger partial charge on any atom is 0.276 e. The van der Waals surface area contributed by atoms with Crippen LogP contribution in [0.25, 0.3) is 0 Å². The predicted molar refractivity (Wildman–Crippen MR) is 56.2 cm³/mol. The van der Waals surface area contributed by atoms with E-state index in [1.54, 1.807) is 12.1 Å². The van der Waals surface area contributed by atoms with Gasteiger partial charge in [-0.05, 0) is 29.8 Å². The standard InChI is InChI=1S/C8H9N5O2S/c1-6-3-2-4-7(5-6)16(14,15)11-8-9-12-13-10-8/h2-5H,1H3,(H2,9,10,11,12,13). The summed E-state index contributed by atoms with van der Waals surface area (Å²) >= 11 is 0. The summed E-state index contributed by atoms with van der Waals surface area (Å²) in [5.74, 6) is -0.0819. The van der Waals surface area contributed by atoms with Gasteiger partial charge in [-0.2, -0.15) is 5.21 Å². The Morgan fingerprint density at radius 1 is 1.38 bits per heavy atom. The van der Waals surface area contributed by atoms with Gasteiger partial charge in [0, 0.05) is 0 Å². The highest BCUT2D eigenvalue weighted by Gasteiger charge is 2.15. The lowest BCUT2D eigenvalue weighted by molar-refractivity contribution is 0.600. The average Bonchev–Trinajstić information content (AvgIpc) is 2.70. The van der Waals surface area contributed by atoms with Crippen LogP contribution in [0.1, 0.15) is 5.56 Å². The van der Waals surface area contributed by atoms with Crippen LogP contribution in [0.5, 0.6) is 0 Å². The minimum absolute atomic E-state index is 0.0819. The second-order valence-corrected chi connectivity index (χ2v) is 4.84. The maximum atomic E-state index is 11.8. The number of hydrogen-bond donors (Lipinski definition) is 2. The van der Waals surface area contributed by atoms with Gasteiger partial charge in [-0.15, -0.1) is 5.10 Å². The molecule has 0 fully saturated rings. The van der Waals surface area contributed by atoms with Crippen LogP contribution >= 0.6 is 0 Å². The van der Waals surface area contributed by atoms with Crippen molar-refractivity contribution in [3.05, 3.63) is 29.8 Å². The van der Waals surface area contributed by atoms with Gasteiger partial charge in [0.05, 0.1) is 4.90 Å². The van der Waals surface area contributed by atoms with Crippen molar-refractivity contribution in [3.8, 4) is 0 Å². The number of aromatic amines is 1. The zero-order valence-electron chi connectivity index (χ0n) is 8.38. The molecule has 0 aliphatic rings. The van der Waals surface area contributed by atoms with E-state index in [1.807, 2.05) is 13.0 Å². The van der Waals surface area contributed by atoms with Crippen LogP contribution in [0.4, 0.5) is 5.95 Å². The Kier molecular flexibility index (Phi) is 2.57. The molecule has 0 aliphatic heterocycles. The number of tetrazole rings is 1. The minimum atomic E-state index is -3.64. The van der Waals surface area contributed by atoms with Crippen molar-refractivity contribution in [2.45, 2.75) is 11.8 Å². The second kappa shape index (κ2) is 3.89. The van der Waals surface area contributed by atoms with Crippen molar-refractivity contribution in [2.24, 2.45) is 0 Å². The van der Waals surface area contributed by atoms with Crippen molar-refractivity contribution in [1.82, 2.24) is 20.6 Å². The monoisotopic (exact) mass is 239 g/mol. The highest BCUT2D eigenvalue weighted by molar-refractivity contribution is 7.92. The van der Waals surface area contributed by atoms with E-state index in [0.29, 0.717) is 0 Å². The molecule has 0 saturated heterocycles. The van der Waals surface area contributed by atoms with E-state index >= 15 is 0 Å². The Bertz CT molecular complexity index is 578. The number of hydrogen-bond acceptors (Lipinski definition) is 5. The molecule has 0 bridgehead atoms. The first kappa shape index (κ1) is 10.6. The third-order valence-corrected chi connectivity index (χ3v) is 3.20. The number of benzene rings is 1. The van der Waals surface area contributed by atoms with E-state index in [2.05, 4.69) is 25.3 Å². The van der Waals surface area contributed by atoms with E-state index in [1.165, 1.54) is 6.07 Å². The van der Waals surface area contributed by atoms with Crippen LogP contribution < -0.4 is 4.72 Å². The molecule has 0 aliphatic carbocycles. The van der Waals surface area contributed by atoms with E-state index < -0.39 is 10.0 Å². The van der Waals surface area contributed by atoms with Crippen LogP contribution in [0, 0.1) is 6.92 Å². The Morgan fingerprint density at radius 2 is 2.19 bits per heavy atom. The fourth-order valence-electron chi connectivity index (χ4n) is 1.17. The number of nitrogens with zero attached hydrogens (tertiary/aromatic N) is 3. The first-order valence-electron chi connectivity index (χ1n) is 4.41. The summed E-state index contributed by atoms with van der Waals surface area (Å²) in [6.07, 6.45) is 0. The highest BCUT2D eigenvalue weighted by Crippen LogP contribution is 2.13. The number of aromatic nitrogens is 4. The van der Waals surface area contributed by atoms with Gasteiger partial charge in [-0.25, -0.2) is 13.1 Å². The number of nitrogens with one attached hydrogen (secondary N) is 2. The number of anilines is 1. The van der Waals surface area contributed by atoms with Gasteiger partial charge in [0.2, 0.25) is 0 Å². The molecule has 84 valence electrons. The summed E-state index contributed by atoms with van der Waals surface area (Å²) in [4.78, 5) is 0.164. The maximum absolute atomic E-state index is 11.8. The van der Waals surface area contributed by atoms with Crippen LogP contribution in [0.2, 0.25) is 0 Å². The summed E-state index contributed by atoms with van der Waals surface area (Å²) in [5.41, 5.74) is 0.857. The summed E-state index contributed by atoms with van der Waals surface area (Å²) in [6, 6.07) is 6.53. The van der Waals surface area contributed by atoms with Crippen LogP contribution in [-0.2, 0) is 10.0 Å². The fourth-order valence-corrected chi connectivity index (χ4v) is 2.21. The first-order valence-corrected chi connectivity index (χ1v) is 5.89. The number of H-pyrrole nitrogens is 1. The predicted octanol–water partition coefficient (Wildman–Crippen LogP) is 0.309. The molecule has 8 heteroatoms. The molecule has 0 spiro atoms. The zero-order valence-corrected chi connectivity index (χ0v) is 9.19. The van der Waals surface area contributed by atoms with E-state index in [4.69, 9.17) is 0 Å². The average molecular weight is 239 g/mol. The molecule has 1 heterocycles. The normalized spacial score (nSPS) is 11.3. The molecule has 1 aromatic heterocycles. The largest absolute Gasteiger partial charge is 0.276 e. The molecule has 0 saturated carbocycles. The molecular weight excluding hydrogens is 230 g/mol. The van der Waals surface area contributed by atoms with E-state index in [0.717, 1.165) is 5.56 Å². The highest BCUT2D eigenvalue weighted by atomic mass is 32.2. The summed E-state index contributed by atoms with van der Waals surface area (Å²) in [7, 11) is -3.64. The minimum Gasteiger partial charge on any atom is -0.245 e. The Balaban J connectivity index is 2.33. The van der Waals surface area contributed by atoms with Gasteiger partial charge in [-0.1, -0.05) is 17.2 Å². The lowest BCUT2D eigenvalue weighted by atomic mass is 10.2. The van der Waals surface area contributed by atoms with Crippen LogP contribution in [0.15, 0.2) is 29.2 Å². The number of aryl methyl sites for hydroxylation is 1. The second-order valence-electron chi connectivity index (χ2n) is 3.16. The van der Waals surface area contributed by atoms with Gasteiger partial charge < -0.3 is 0 Å². The summed E-state index contributed by atoms with van der Waals surface area (Å²) in [6.45, 7) is 1.81. The summed E-state index contributed by atoms with van der Waals surface area (Å²) in [5, 5.41) is 12.4. The van der Waals surface area contributed by atoms with Crippen molar-refractivity contribution in [1.29, 1.82) is 0 Å². The fraction of sp³-hybridized carbons (Fsp3) is 0.125.